The zero-order valence-corrected chi connectivity index (χ0v) is 45.4. The van der Waals surface area contributed by atoms with Crippen LogP contribution in [-0.4, -0.2) is 154 Å². The van der Waals surface area contributed by atoms with Crippen molar-refractivity contribution in [2.45, 2.75) is 164 Å². The summed E-state index contributed by atoms with van der Waals surface area (Å²) in [5, 5.41) is 5.65. The molecule has 0 aromatic rings. The Morgan fingerprint density at radius 1 is 0.394 bits per heavy atom. The summed E-state index contributed by atoms with van der Waals surface area (Å²) in [4.78, 5) is 52.3. The van der Waals surface area contributed by atoms with Gasteiger partial charge in [-0.25, -0.2) is 19.3 Å². The number of alkyl carbamates (subject to hydrolysis) is 1. The molecule has 0 bridgehead atoms. The van der Waals surface area contributed by atoms with Crippen LogP contribution in [0.4, 0.5) is 14.4 Å². The maximum atomic E-state index is 13.3. The van der Waals surface area contributed by atoms with E-state index in [4.69, 9.17) is 54.0 Å². The topological polar surface area (TPSA) is 206 Å². The first kappa shape index (κ1) is 63.8. The van der Waals surface area contributed by atoms with Crippen LogP contribution in [0.2, 0.25) is 18.1 Å². The van der Waals surface area contributed by atoms with Gasteiger partial charge in [0, 0.05) is 104 Å². The smallest absolute Gasteiger partial charge is 0.466 e. The van der Waals surface area contributed by atoms with Gasteiger partial charge in [0.15, 0.2) is 0 Å². The number of rotatable bonds is 45. The molecule has 2 N–H and O–H groups in total. The Labute approximate surface area is 401 Å². The van der Waals surface area contributed by atoms with Gasteiger partial charge in [0.25, 0.3) is 0 Å². The number of amides is 4. The van der Waals surface area contributed by atoms with E-state index in [0.717, 1.165) is 43.4 Å². The highest BCUT2D eigenvalue weighted by Crippen LogP contribution is 2.21. The van der Waals surface area contributed by atoms with Crippen molar-refractivity contribution in [3.8, 4) is 0 Å². The molecule has 66 heavy (non-hydrogen) atoms. The number of hydrogen-bond acceptors (Lipinski definition) is 16. The fourth-order valence-corrected chi connectivity index (χ4v) is 14.8. The number of unbranched alkanes of at least 4 members (excludes halogenated alkanes) is 7. The van der Waals surface area contributed by atoms with Crippen LogP contribution in [-0.2, 0) is 58.8 Å². The van der Waals surface area contributed by atoms with Gasteiger partial charge in [0.2, 0.25) is 0 Å². The maximum absolute atomic E-state index is 13.3. The highest BCUT2D eigenvalue weighted by molar-refractivity contribution is 6.61. The Balaban J connectivity index is 4.87. The molecule has 0 unspecified atom stereocenters. The van der Waals surface area contributed by atoms with E-state index in [9.17, 15) is 19.2 Å². The fraction of sp³-hybridized carbons (Fsp3) is 0.909. The third-order valence-corrected chi connectivity index (χ3v) is 19.2. The van der Waals surface area contributed by atoms with Crippen molar-refractivity contribution in [1.29, 1.82) is 0 Å². The van der Waals surface area contributed by atoms with Crippen molar-refractivity contribution >= 4 is 50.6 Å². The molecule has 0 atom stereocenters. The van der Waals surface area contributed by atoms with Gasteiger partial charge in [-0.2, -0.15) is 0 Å². The van der Waals surface area contributed by atoms with E-state index in [0.29, 0.717) is 136 Å². The van der Waals surface area contributed by atoms with Crippen molar-refractivity contribution in [2.75, 3.05) is 98.9 Å². The van der Waals surface area contributed by atoms with Gasteiger partial charge >= 0.3 is 50.6 Å². The molecule has 0 aromatic carbocycles. The van der Waals surface area contributed by atoms with Crippen molar-refractivity contribution in [2.24, 2.45) is 0 Å². The van der Waals surface area contributed by atoms with E-state index < -0.39 is 44.6 Å². The lowest BCUT2D eigenvalue weighted by Crippen LogP contribution is -2.46. The molecule has 0 aromatic heterocycles. The van der Waals surface area contributed by atoms with Crippen LogP contribution in [0.3, 0.4) is 0 Å². The lowest BCUT2D eigenvalue weighted by molar-refractivity contribution is -0.143. The normalized spacial score (nSPS) is 12.0. The van der Waals surface area contributed by atoms with Crippen LogP contribution in [0.5, 0.6) is 0 Å². The van der Waals surface area contributed by atoms with Crippen LogP contribution in [0.25, 0.3) is 0 Å². The number of urea groups is 1. The van der Waals surface area contributed by atoms with Gasteiger partial charge in [-0.15, -0.1) is 0 Å². The molecule has 22 heteroatoms. The van der Waals surface area contributed by atoms with Gasteiger partial charge < -0.3 is 64.7 Å². The number of nitrogens with zero attached hydrogens (tertiary/aromatic N) is 1. The second-order valence-electron chi connectivity index (χ2n) is 15.0. The maximum Gasteiger partial charge on any atom is 0.501 e. The predicted molar refractivity (Wildman–Crippen MR) is 258 cm³/mol. The van der Waals surface area contributed by atoms with Gasteiger partial charge in [-0.3, -0.25) is 4.79 Å². The molecule has 0 aliphatic rings. The second kappa shape index (κ2) is 41.7. The van der Waals surface area contributed by atoms with E-state index in [1.54, 1.807) is 0 Å². The van der Waals surface area contributed by atoms with E-state index >= 15 is 0 Å². The minimum Gasteiger partial charge on any atom is -0.466 e. The third-order valence-electron chi connectivity index (χ3n) is 9.76. The van der Waals surface area contributed by atoms with Crippen LogP contribution in [0.15, 0.2) is 0 Å². The first-order valence-corrected chi connectivity index (χ1v) is 30.8. The Hall–Kier alpha value is -2.23. The largest absolute Gasteiger partial charge is 0.501 e. The third kappa shape index (κ3) is 30.3. The Kier molecular flexibility index (Phi) is 40.3. The van der Waals surface area contributed by atoms with Gasteiger partial charge in [0.1, 0.15) is 0 Å². The lowest BCUT2D eigenvalue weighted by Gasteiger charge is -2.28. The van der Waals surface area contributed by atoms with Crippen molar-refractivity contribution < 1.29 is 73.2 Å². The van der Waals surface area contributed by atoms with Gasteiger partial charge in [0.05, 0.1) is 19.8 Å². The molecule has 0 aliphatic heterocycles. The van der Waals surface area contributed by atoms with Crippen LogP contribution < -0.4 is 10.6 Å². The summed E-state index contributed by atoms with van der Waals surface area (Å²) in [6.45, 7) is 23.1. The Morgan fingerprint density at radius 3 is 1.17 bits per heavy atom. The predicted octanol–water partition coefficient (Wildman–Crippen LogP) is 8.62. The standard InChI is InChI=1S/C44H91N3O16Si3/c1-10-55-64(56-11-2,57-12-3)38-28-35-52-41(48)31-24-20-19-23-27-34-47(44(51)54-37-30-40-66(61-16-7,62-17-8)63-18-9)42(49)45-32-25-21-22-26-33-46-43(50)53-36-29-39-65(58-13-4,59-14-5)60-15-6/h10-40H2,1-9H3,(H,45,49)(H,46,50). The molecule has 4 amide bonds. The molecule has 0 aliphatic carbocycles. The summed E-state index contributed by atoms with van der Waals surface area (Å²) in [6, 6.07) is 1.12. The number of imide groups is 1. The summed E-state index contributed by atoms with van der Waals surface area (Å²) in [6.07, 6.45) is 7.51. The SMILES string of the molecule is CCO[Si](CCCOC(=O)CCCCCCCN(C(=O)NCCCCCCNC(=O)OCCC[Si](OCC)(OCC)OCC)C(=O)OCCC[Si](OCC)(OCC)OCC)(OCC)OCC. The second-order valence-corrected chi connectivity index (χ2v) is 23.2. The highest BCUT2D eigenvalue weighted by atomic mass is 28.4. The molecule has 0 rings (SSSR count). The zero-order valence-electron chi connectivity index (χ0n) is 42.4. The number of esters is 1. The quantitative estimate of drug-likeness (QED) is 0.0253. The number of nitrogens with one attached hydrogen (secondary N) is 2. The highest BCUT2D eigenvalue weighted by Gasteiger charge is 2.41. The minimum atomic E-state index is -2.91. The Bertz CT molecular complexity index is 1180. The molecule has 0 radical (unpaired) electrons. The van der Waals surface area contributed by atoms with E-state index in [-0.39, 0.29) is 32.3 Å². The van der Waals surface area contributed by atoms with Gasteiger partial charge in [-0.1, -0.05) is 32.1 Å². The van der Waals surface area contributed by atoms with E-state index in [2.05, 4.69) is 10.6 Å². The summed E-state index contributed by atoms with van der Waals surface area (Å²) >= 11 is 0. The molecular formula is C44H91N3O16Si3. The average Bonchev–Trinajstić information content (AvgIpc) is 3.28. The molecule has 0 spiro atoms. The lowest BCUT2D eigenvalue weighted by atomic mass is 10.1. The van der Waals surface area contributed by atoms with Crippen LogP contribution >= 0.6 is 0 Å². The van der Waals surface area contributed by atoms with E-state index in [1.165, 1.54) is 0 Å². The number of hydrogen-bond donors (Lipinski definition) is 2. The van der Waals surface area contributed by atoms with Gasteiger partial charge in [-0.05, 0) is 107 Å². The monoisotopic (exact) mass is 1000 g/mol. The molecule has 0 saturated heterocycles. The first-order valence-electron chi connectivity index (χ1n) is 25.0. The molecule has 390 valence electrons. The summed E-state index contributed by atoms with van der Waals surface area (Å²) < 4.78 is 69.3. The van der Waals surface area contributed by atoms with Crippen LogP contribution in [0.1, 0.15) is 146 Å². The summed E-state index contributed by atoms with van der Waals surface area (Å²) in [7, 11) is -8.45. The Morgan fingerprint density at radius 2 is 0.742 bits per heavy atom. The van der Waals surface area contributed by atoms with E-state index in [1.807, 2.05) is 62.3 Å². The first-order chi connectivity index (χ1) is 31.9. The summed E-state index contributed by atoms with van der Waals surface area (Å²) in [5.74, 6) is -0.243. The van der Waals surface area contributed by atoms with Crippen molar-refractivity contribution in [3.63, 3.8) is 0 Å². The summed E-state index contributed by atoms with van der Waals surface area (Å²) in [5.41, 5.74) is 0. The minimum absolute atomic E-state index is 0.0780. The number of carbonyl (C=O) groups is 4. The molecule has 0 heterocycles. The number of ether oxygens (including phenoxy) is 3. The average molecular weight is 1000 g/mol. The fourth-order valence-electron chi connectivity index (χ4n) is 7.01. The molecule has 19 nitrogen and oxygen atoms in total. The molecule has 0 saturated carbocycles. The van der Waals surface area contributed by atoms with Crippen molar-refractivity contribution in [3.05, 3.63) is 0 Å². The zero-order chi connectivity index (χ0) is 49.2. The molecular weight excluding hydrogens is 911 g/mol. The molecule has 0 fully saturated rings. The van der Waals surface area contributed by atoms with Crippen LogP contribution in [0, 0.1) is 0 Å². The number of carbonyl (C=O) groups excluding carboxylic acids is 4. The van der Waals surface area contributed by atoms with Crippen molar-refractivity contribution in [1.82, 2.24) is 15.5 Å².